The maximum absolute atomic E-state index is 11.2. The monoisotopic (exact) mass is 351 g/mol. The predicted molar refractivity (Wildman–Crippen MR) is 99.1 cm³/mol. The van der Waals surface area contributed by atoms with E-state index in [9.17, 15) is 5.11 Å². The van der Waals surface area contributed by atoms with E-state index in [0.29, 0.717) is 13.2 Å². The predicted octanol–water partition coefficient (Wildman–Crippen LogP) is 3.03. The van der Waals surface area contributed by atoms with Crippen molar-refractivity contribution in [2.24, 2.45) is 0 Å². The van der Waals surface area contributed by atoms with Crippen LogP contribution in [0.2, 0.25) is 0 Å². The van der Waals surface area contributed by atoms with Gasteiger partial charge in [-0.15, -0.1) is 0 Å². The highest BCUT2D eigenvalue weighted by Crippen LogP contribution is 2.40. The Hall–Kier alpha value is -1.14. The summed E-state index contributed by atoms with van der Waals surface area (Å²) in [6, 6.07) is 8.07. The van der Waals surface area contributed by atoms with Gasteiger partial charge in [-0.25, -0.2) is 0 Å². The van der Waals surface area contributed by atoms with E-state index in [0.717, 1.165) is 38.0 Å². The number of hydrogen-bond acceptors (Lipinski definition) is 5. The smallest absolute Gasteiger partial charge is 0.189 e. The molecular formula is C20H33NO4. The fourth-order valence-corrected chi connectivity index (χ4v) is 3.57. The molecule has 0 bridgehead atoms. The zero-order chi connectivity index (χ0) is 18.1. The molecule has 1 unspecified atom stereocenters. The number of nitrogens with zero attached hydrogens (tertiary/aromatic N) is 1. The quantitative estimate of drug-likeness (QED) is 0.519. The van der Waals surface area contributed by atoms with E-state index in [-0.39, 0.29) is 12.7 Å². The Kier molecular flexibility index (Phi) is 8.16. The van der Waals surface area contributed by atoms with Gasteiger partial charge in [0, 0.05) is 19.6 Å². The molecule has 0 spiro atoms. The average Bonchev–Trinajstić information content (AvgIpc) is 2.61. The van der Waals surface area contributed by atoms with Crippen molar-refractivity contribution >= 4 is 0 Å². The van der Waals surface area contributed by atoms with Gasteiger partial charge in [0.15, 0.2) is 6.79 Å². The molecule has 5 nitrogen and oxygen atoms in total. The van der Waals surface area contributed by atoms with Crippen molar-refractivity contribution in [3.05, 3.63) is 29.8 Å². The maximum atomic E-state index is 11.2. The Morgan fingerprint density at radius 1 is 1.08 bits per heavy atom. The van der Waals surface area contributed by atoms with Gasteiger partial charge < -0.3 is 24.2 Å². The van der Waals surface area contributed by atoms with E-state index in [1.165, 1.54) is 12.0 Å². The van der Waals surface area contributed by atoms with Crippen LogP contribution in [-0.2, 0) is 9.47 Å². The number of methoxy groups -OCH3 is 1. The topological polar surface area (TPSA) is 51.2 Å². The van der Waals surface area contributed by atoms with Crippen LogP contribution in [0.15, 0.2) is 24.3 Å². The Bertz CT molecular complexity index is 483. The summed E-state index contributed by atoms with van der Waals surface area (Å²) in [5.41, 5.74) is 0.569. The first kappa shape index (κ1) is 20.2. The van der Waals surface area contributed by atoms with Crippen molar-refractivity contribution < 1.29 is 19.3 Å². The van der Waals surface area contributed by atoms with Crippen molar-refractivity contribution in [2.45, 2.75) is 43.6 Å². The fraction of sp³-hybridized carbons (Fsp3) is 0.700. The first-order chi connectivity index (χ1) is 12.0. The van der Waals surface area contributed by atoms with E-state index < -0.39 is 5.60 Å². The second-order valence-corrected chi connectivity index (χ2v) is 7.21. The van der Waals surface area contributed by atoms with Gasteiger partial charge in [-0.2, -0.15) is 0 Å². The van der Waals surface area contributed by atoms with Gasteiger partial charge in [0.25, 0.3) is 0 Å². The summed E-state index contributed by atoms with van der Waals surface area (Å²) in [5, 5.41) is 11.2. The number of benzene rings is 1. The van der Waals surface area contributed by atoms with Gasteiger partial charge >= 0.3 is 0 Å². The number of hydrogen-bond donors (Lipinski definition) is 1. The lowest BCUT2D eigenvalue weighted by atomic mass is 9.72. The Labute approximate surface area is 151 Å². The molecule has 0 amide bonds. The Balaban J connectivity index is 2.00. The molecule has 0 saturated heterocycles. The highest BCUT2D eigenvalue weighted by molar-refractivity contribution is 5.31. The molecule has 1 aromatic carbocycles. The van der Waals surface area contributed by atoms with Crippen LogP contribution in [0.3, 0.4) is 0 Å². The van der Waals surface area contributed by atoms with Gasteiger partial charge in [0.05, 0.1) is 18.8 Å². The lowest BCUT2D eigenvalue weighted by Gasteiger charge is -2.40. The summed E-state index contributed by atoms with van der Waals surface area (Å²) in [7, 11) is 5.77. The third kappa shape index (κ3) is 6.26. The number of aliphatic hydroxyl groups is 1. The normalized spacial score (nSPS) is 18.3. The van der Waals surface area contributed by atoms with Crippen LogP contribution in [0.4, 0.5) is 0 Å². The lowest BCUT2D eigenvalue weighted by molar-refractivity contribution is -0.0278. The SMILES string of the molecule is COCCOCOc1ccc(C(CN(C)C)C2(O)CCCCC2)cc1. The van der Waals surface area contributed by atoms with E-state index in [1.54, 1.807) is 7.11 Å². The van der Waals surface area contributed by atoms with E-state index in [1.807, 2.05) is 12.1 Å². The lowest BCUT2D eigenvalue weighted by Crippen LogP contribution is -2.42. The summed E-state index contributed by atoms with van der Waals surface area (Å²) >= 11 is 0. The first-order valence-electron chi connectivity index (χ1n) is 9.22. The second-order valence-electron chi connectivity index (χ2n) is 7.21. The third-order valence-corrected chi connectivity index (χ3v) is 4.94. The van der Waals surface area contributed by atoms with Gasteiger partial charge in [-0.3, -0.25) is 0 Å². The minimum Gasteiger partial charge on any atom is -0.468 e. The molecule has 1 atom stereocenters. The first-order valence-corrected chi connectivity index (χ1v) is 9.22. The molecule has 25 heavy (non-hydrogen) atoms. The number of ether oxygens (including phenoxy) is 3. The number of rotatable bonds is 10. The number of likely N-dealkylation sites (N-methyl/N-ethyl adjacent to an activating group) is 1. The van der Waals surface area contributed by atoms with Crippen LogP contribution in [-0.4, -0.2) is 63.4 Å². The second kappa shape index (κ2) is 10.1. The molecule has 1 aromatic rings. The van der Waals surface area contributed by atoms with Crippen LogP contribution < -0.4 is 4.74 Å². The highest BCUT2D eigenvalue weighted by Gasteiger charge is 2.38. The largest absolute Gasteiger partial charge is 0.468 e. The molecule has 1 fully saturated rings. The van der Waals surface area contributed by atoms with E-state index >= 15 is 0 Å². The van der Waals surface area contributed by atoms with Gasteiger partial charge in [0.2, 0.25) is 0 Å². The molecule has 1 N–H and O–H groups in total. The van der Waals surface area contributed by atoms with Crippen molar-refractivity contribution in [1.82, 2.24) is 4.90 Å². The van der Waals surface area contributed by atoms with Crippen LogP contribution >= 0.6 is 0 Å². The summed E-state index contributed by atoms with van der Waals surface area (Å²) in [6.45, 7) is 2.14. The van der Waals surface area contributed by atoms with Crippen LogP contribution in [0.1, 0.15) is 43.6 Å². The Morgan fingerprint density at radius 3 is 2.36 bits per heavy atom. The summed E-state index contributed by atoms with van der Waals surface area (Å²) in [5.74, 6) is 0.898. The molecule has 5 heteroatoms. The summed E-state index contributed by atoms with van der Waals surface area (Å²) in [6.07, 6.45) is 5.22. The van der Waals surface area contributed by atoms with Crippen molar-refractivity contribution in [3.63, 3.8) is 0 Å². The van der Waals surface area contributed by atoms with Gasteiger partial charge in [0.1, 0.15) is 5.75 Å². The summed E-state index contributed by atoms with van der Waals surface area (Å²) in [4.78, 5) is 2.16. The van der Waals surface area contributed by atoms with Crippen molar-refractivity contribution in [3.8, 4) is 5.75 Å². The van der Waals surface area contributed by atoms with Crippen molar-refractivity contribution in [1.29, 1.82) is 0 Å². The molecule has 142 valence electrons. The molecule has 0 radical (unpaired) electrons. The molecule has 0 heterocycles. The zero-order valence-electron chi connectivity index (χ0n) is 15.9. The minimum absolute atomic E-state index is 0.120. The van der Waals surface area contributed by atoms with E-state index in [2.05, 4.69) is 31.1 Å². The average molecular weight is 351 g/mol. The Morgan fingerprint density at radius 2 is 1.76 bits per heavy atom. The van der Waals surface area contributed by atoms with E-state index in [4.69, 9.17) is 14.2 Å². The molecule has 1 aliphatic carbocycles. The molecule has 1 saturated carbocycles. The molecule has 0 aliphatic heterocycles. The molecular weight excluding hydrogens is 318 g/mol. The maximum Gasteiger partial charge on any atom is 0.189 e. The van der Waals surface area contributed by atoms with Crippen LogP contribution in [0.25, 0.3) is 0 Å². The molecule has 2 rings (SSSR count). The van der Waals surface area contributed by atoms with Crippen molar-refractivity contribution in [2.75, 3.05) is 47.8 Å². The molecule has 1 aliphatic rings. The van der Waals surface area contributed by atoms with Crippen LogP contribution in [0, 0.1) is 0 Å². The van der Waals surface area contributed by atoms with Gasteiger partial charge in [-0.1, -0.05) is 31.4 Å². The highest BCUT2D eigenvalue weighted by atomic mass is 16.7. The fourth-order valence-electron chi connectivity index (χ4n) is 3.57. The third-order valence-electron chi connectivity index (χ3n) is 4.94. The minimum atomic E-state index is -0.603. The standard InChI is InChI=1S/C20H33NO4/c1-21(2)15-19(20(22)11-5-4-6-12-20)17-7-9-18(10-8-17)25-16-24-14-13-23-3/h7-10,19,22H,4-6,11-16H2,1-3H3. The van der Waals surface area contributed by atoms with Crippen LogP contribution in [0.5, 0.6) is 5.75 Å². The summed E-state index contributed by atoms with van der Waals surface area (Å²) < 4.78 is 15.8. The zero-order valence-corrected chi connectivity index (χ0v) is 15.9. The molecule has 0 aromatic heterocycles. The van der Waals surface area contributed by atoms with Gasteiger partial charge in [-0.05, 0) is 44.6 Å².